The second-order valence-electron chi connectivity index (χ2n) is 5.79. The van der Waals surface area contributed by atoms with Gasteiger partial charge in [-0.25, -0.2) is 4.98 Å². The molecule has 1 aromatic carbocycles. The number of carbonyl (C=O) groups is 2. The van der Waals surface area contributed by atoms with E-state index in [9.17, 15) is 9.59 Å². The topological polar surface area (TPSA) is 78.1 Å². The van der Waals surface area contributed by atoms with Crippen LogP contribution in [0.3, 0.4) is 0 Å². The van der Waals surface area contributed by atoms with Crippen molar-refractivity contribution >= 4 is 22.8 Å². The van der Waals surface area contributed by atoms with Crippen LogP contribution in [0.25, 0.3) is 11.0 Å². The van der Waals surface area contributed by atoms with Gasteiger partial charge in [0, 0.05) is 32.1 Å². The molecule has 6 nitrogen and oxygen atoms in total. The largest absolute Gasteiger partial charge is 0.352 e. The van der Waals surface area contributed by atoms with Crippen LogP contribution in [0.1, 0.15) is 30.1 Å². The Morgan fingerprint density at radius 1 is 1.36 bits per heavy atom. The monoisotopic (exact) mass is 300 g/mol. The van der Waals surface area contributed by atoms with E-state index >= 15 is 0 Å². The molecule has 0 saturated carbocycles. The van der Waals surface area contributed by atoms with Crippen LogP contribution in [0.4, 0.5) is 0 Å². The first-order valence-corrected chi connectivity index (χ1v) is 7.60. The van der Waals surface area contributed by atoms with Crippen molar-refractivity contribution in [2.75, 3.05) is 19.6 Å². The Labute approximate surface area is 128 Å². The van der Waals surface area contributed by atoms with Crippen molar-refractivity contribution in [2.45, 2.75) is 19.8 Å². The fourth-order valence-electron chi connectivity index (χ4n) is 2.87. The van der Waals surface area contributed by atoms with Gasteiger partial charge in [-0.15, -0.1) is 0 Å². The smallest absolute Gasteiger partial charge is 0.251 e. The van der Waals surface area contributed by atoms with Crippen molar-refractivity contribution in [2.24, 2.45) is 5.92 Å². The van der Waals surface area contributed by atoms with E-state index in [0.717, 1.165) is 37.0 Å². The summed E-state index contributed by atoms with van der Waals surface area (Å²) in [5.41, 5.74) is 2.36. The van der Waals surface area contributed by atoms with Crippen LogP contribution in [-0.2, 0) is 4.79 Å². The molecule has 2 amide bonds. The number of hydrogen-bond donors (Lipinski definition) is 2. The zero-order valence-corrected chi connectivity index (χ0v) is 12.6. The van der Waals surface area contributed by atoms with Crippen molar-refractivity contribution in [3.63, 3.8) is 0 Å². The molecule has 0 unspecified atom stereocenters. The molecule has 6 heteroatoms. The molecule has 2 aromatic rings. The maximum atomic E-state index is 12.2. The Morgan fingerprint density at radius 3 is 2.86 bits per heavy atom. The third-order valence-corrected chi connectivity index (χ3v) is 4.29. The zero-order valence-electron chi connectivity index (χ0n) is 12.6. The molecule has 0 spiro atoms. The van der Waals surface area contributed by atoms with Gasteiger partial charge in [0.25, 0.3) is 5.91 Å². The summed E-state index contributed by atoms with van der Waals surface area (Å²) in [6.45, 7) is 3.84. The Kier molecular flexibility index (Phi) is 4.09. The quantitative estimate of drug-likeness (QED) is 0.903. The van der Waals surface area contributed by atoms with E-state index in [-0.39, 0.29) is 11.8 Å². The van der Waals surface area contributed by atoms with E-state index in [4.69, 9.17) is 0 Å². The third-order valence-electron chi connectivity index (χ3n) is 4.29. The minimum Gasteiger partial charge on any atom is -0.352 e. The minimum atomic E-state index is -0.0644. The van der Waals surface area contributed by atoms with Gasteiger partial charge in [-0.1, -0.05) is 0 Å². The summed E-state index contributed by atoms with van der Waals surface area (Å²) in [5, 5.41) is 2.99. The van der Waals surface area contributed by atoms with E-state index in [1.54, 1.807) is 19.3 Å². The molecule has 1 saturated heterocycles. The number of hydrogen-bond acceptors (Lipinski definition) is 3. The molecule has 2 heterocycles. The maximum Gasteiger partial charge on any atom is 0.251 e. The molecule has 0 atom stereocenters. The van der Waals surface area contributed by atoms with Gasteiger partial charge in [-0.3, -0.25) is 9.59 Å². The number of aromatic nitrogens is 2. The number of nitrogens with zero attached hydrogens (tertiary/aromatic N) is 2. The first-order valence-electron chi connectivity index (χ1n) is 7.60. The first-order chi connectivity index (χ1) is 10.6. The third kappa shape index (κ3) is 3.10. The molecule has 3 rings (SSSR count). The summed E-state index contributed by atoms with van der Waals surface area (Å²) in [5.74, 6) is 0.510. The lowest BCUT2D eigenvalue weighted by molar-refractivity contribution is -0.130. The molecule has 1 fully saturated rings. The zero-order chi connectivity index (χ0) is 15.5. The average Bonchev–Trinajstić information content (AvgIpc) is 3.00. The molecule has 0 aliphatic carbocycles. The second-order valence-corrected chi connectivity index (χ2v) is 5.79. The normalized spacial score (nSPS) is 16.0. The van der Waals surface area contributed by atoms with Crippen LogP contribution in [0.5, 0.6) is 0 Å². The summed E-state index contributed by atoms with van der Waals surface area (Å²) >= 11 is 0. The standard InChI is InChI=1S/C16H20N4O2/c1-11(21)20-6-4-12(5-7-20)9-17-16(22)13-2-3-14-15(8-13)19-10-18-14/h2-3,8,10,12H,4-7,9H2,1H3,(H,17,22)(H,18,19). The number of rotatable bonds is 3. The minimum absolute atomic E-state index is 0.0644. The van der Waals surface area contributed by atoms with Crippen LogP contribution in [-0.4, -0.2) is 46.3 Å². The van der Waals surface area contributed by atoms with Crippen LogP contribution >= 0.6 is 0 Å². The predicted molar refractivity (Wildman–Crippen MR) is 83.4 cm³/mol. The number of aromatic amines is 1. The number of benzene rings is 1. The van der Waals surface area contributed by atoms with Crippen molar-refractivity contribution in [1.29, 1.82) is 0 Å². The predicted octanol–water partition coefficient (Wildman–Crippen LogP) is 1.55. The number of likely N-dealkylation sites (tertiary alicyclic amines) is 1. The van der Waals surface area contributed by atoms with E-state index in [2.05, 4.69) is 15.3 Å². The molecule has 116 valence electrons. The fourth-order valence-corrected chi connectivity index (χ4v) is 2.87. The highest BCUT2D eigenvalue weighted by Crippen LogP contribution is 2.17. The highest BCUT2D eigenvalue weighted by molar-refractivity contribution is 5.97. The summed E-state index contributed by atoms with van der Waals surface area (Å²) in [6.07, 6.45) is 3.51. The summed E-state index contributed by atoms with van der Waals surface area (Å²) in [4.78, 5) is 32.5. The lowest BCUT2D eigenvalue weighted by atomic mass is 9.96. The van der Waals surface area contributed by atoms with Gasteiger partial charge in [0.1, 0.15) is 0 Å². The van der Waals surface area contributed by atoms with E-state index in [0.29, 0.717) is 18.0 Å². The van der Waals surface area contributed by atoms with Crippen LogP contribution in [0.2, 0.25) is 0 Å². The van der Waals surface area contributed by atoms with Crippen LogP contribution in [0, 0.1) is 5.92 Å². The van der Waals surface area contributed by atoms with E-state index in [1.807, 2.05) is 17.0 Å². The van der Waals surface area contributed by atoms with Gasteiger partial charge in [0.15, 0.2) is 0 Å². The van der Waals surface area contributed by atoms with Crippen LogP contribution < -0.4 is 5.32 Å². The highest BCUT2D eigenvalue weighted by Gasteiger charge is 2.21. The van der Waals surface area contributed by atoms with Crippen molar-refractivity contribution in [3.05, 3.63) is 30.1 Å². The molecule has 1 aliphatic heterocycles. The molecular weight excluding hydrogens is 280 g/mol. The molecule has 2 N–H and O–H groups in total. The lowest BCUT2D eigenvalue weighted by Gasteiger charge is -2.31. The van der Waals surface area contributed by atoms with Crippen molar-refractivity contribution in [1.82, 2.24) is 20.2 Å². The Bertz CT molecular complexity index is 686. The molecule has 1 aliphatic rings. The Hall–Kier alpha value is -2.37. The molecule has 22 heavy (non-hydrogen) atoms. The van der Waals surface area contributed by atoms with E-state index < -0.39 is 0 Å². The molecule has 0 radical (unpaired) electrons. The molecular formula is C16H20N4O2. The highest BCUT2D eigenvalue weighted by atomic mass is 16.2. The number of fused-ring (bicyclic) bond motifs is 1. The number of carbonyl (C=O) groups excluding carboxylic acids is 2. The van der Waals surface area contributed by atoms with Gasteiger partial charge in [-0.05, 0) is 37.0 Å². The summed E-state index contributed by atoms with van der Waals surface area (Å²) in [7, 11) is 0. The number of H-pyrrole nitrogens is 1. The summed E-state index contributed by atoms with van der Waals surface area (Å²) in [6, 6.07) is 5.44. The summed E-state index contributed by atoms with van der Waals surface area (Å²) < 4.78 is 0. The maximum absolute atomic E-state index is 12.2. The Morgan fingerprint density at radius 2 is 2.14 bits per heavy atom. The van der Waals surface area contributed by atoms with E-state index in [1.165, 1.54) is 0 Å². The first kappa shape index (κ1) is 14.6. The van der Waals surface area contributed by atoms with Gasteiger partial charge < -0.3 is 15.2 Å². The van der Waals surface area contributed by atoms with Crippen LogP contribution in [0.15, 0.2) is 24.5 Å². The molecule has 0 bridgehead atoms. The Balaban J connectivity index is 1.53. The van der Waals surface area contributed by atoms with Gasteiger partial charge >= 0.3 is 0 Å². The lowest BCUT2D eigenvalue weighted by Crippen LogP contribution is -2.40. The number of imidazole rings is 1. The van der Waals surface area contributed by atoms with Gasteiger partial charge in [0.2, 0.25) is 5.91 Å². The van der Waals surface area contributed by atoms with Gasteiger partial charge in [0.05, 0.1) is 17.4 Å². The fraction of sp³-hybridized carbons (Fsp3) is 0.438. The number of amides is 2. The number of nitrogens with one attached hydrogen (secondary N) is 2. The second kappa shape index (κ2) is 6.17. The average molecular weight is 300 g/mol. The van der Waals surface area contributed by atoms with Crippen molar-refractivity contribution in [3.8, 4) is 0 Å². The van der Waals surface area contributed by atoms with Crippen molar-refractivity contribution < 1.29 is 9.59 Å². The SMILES string of the molecule is CC(=O)N1CCC(CNC(=O)c2ccc3nc[nH]c3c2)CC1. The molecule has 1 aromatic heterocycles. The van der Waals surface area contributed by atoms with Gasteiger partial charge in [-0.2, -0.15) is 0 Å². The number of piperidine rings is 1.